The molecule has 0 saturated carbocycles. The summed E-state index contributed by atoms with van der Waals surface area (Å²) >= 11 is 4.87. The van der Waals surface area contributed by atoms with Crippen molar-refractivity contribution in [2.75, 3.05) is 11.9 Å². The Hall–Kier alpha value is -1.16. The Bertz CT molecular complexity index is 338. The van der Waals surface area contributed by atoms with Crippen LogP contribution >= 0.6 is 12.2 Å². The summed E-state index contributed by atoms with van der Waals surface area (Å²) in [7, 11) is 0. The van der Waals surface area contributed by atoms with E-state index in [-0.39, 0.29) is 0 Å². The lowest BCUT2D eigenvalue weighted by Crippen LogP contribution is -2.14. The first kappa shape index (κ1) is 11.9. The van der Waals surface area contributed by atoms with E-state index in [4.69, 9.17) is 18.0 Å². The molecule has 0 bridgehead atoms. The molecule has 0 aliphatic carbocycles. The van der Waals surface area contributed by atoms with Gasteiger partial charge in [-0.2, -0.15) is 0 Å². The van der Waals surface area contributed by atoms with E-state index in [2.05, 4.69) is 24.1 Å². The number of nitrogens with two attached hydrogens (primary N) is 1. The minimum atomic E-state index is 0.335. The second kappa shape index (κ2) is 5.66. The maximum atomic E-state index is 5.51. The van der Waals surface area contributed by atoms with Crippen LogP contribution in [0.15, 0.2) is 18.3 Å². The number of anilines is 1. The Labute approximate surface area is 96.1 Å². The predicted molar refractivity (Wildman–Crippen MR) is 68.1 cm³/mol. The minimum Gasteiger partial charge on any atom is -0.388 e. The van der Waals surface area contributed by atoms with Gasteiger partial charge in [-0.15, -0.1) is 0 Å². The van der Waals surface area contributed by atoms with Gasteiger partial charge in [0.2, 0.25) is 0 Å². The fraction of sp³-hybridized carbons (Fsp3) is 0.455. The first-order valence-corrected chi connectivity index (χ1v) is 5.54. The highest BCUT2D eigenvalue weighted by atomic mass is 32.1. The monoisotopic (exact) mass is 223 g/mol. The number of hydrogen-bond donors (Lipinski definition) is 2. The van der Waals surface area contributed by atoms with Gasteiger partial charge in [-0.3, -0.25) is 4.98 Å². The van der Waals surface area contributed by atoms with Crippen molar-refractivity contribution >= 4 is 22.9 Å². The van der Waals surface area contributed by atoms with Crippen molar-refractivity contribution in [3.05, 3.63) is 24.0 Å². The third-order valence-corrected chi connectivity index (χ3v) is 2.57. The van der Waals surface area contributed by atoms with Gasteiger partial charge in [-0.1, -0.05) is 32.5 Å². The molecule has 4 heteroatoms. The summed E-state index contributed by atoms with van der Waals surface area (Å²) < 4.78 is 0. The lowest BCUT2D eigenvalue weighted by molar-refractivity contribution is 0.593. The quantitative estimate of drug-likeness (QED) is 0.751. The van der Waals surface area contributed by atoms with Gasteiger partial charge in [0.15, 0.2) is 0 Å². The van der Waals surface area contributed by atoms with E-state index >= 15 is 0 Å². The largest absolute Gasteiger partial charge is 0.388 e. The van der Waals surface area contributed by atoms with Gasteiger partial charge in [0, 0.05) is 18.4 Å². The summed E-state index contributed by atoms with van der Waals surface area (Å²) in [5.41, 5.74) is 7.19. The molecule has 82 valence electrons. The number of nitrogens with one attached hydrogen (secondary N) is 1. The van der Waals surface area contributed by atoms with Crippen molar-refractivity contribution in [2.45, 2.75) is 20.3 Å². The molecule has 0 fully saturated rings. The van der Waals surface area contributed by atoms with Crippen LogP contribution in [0.1, 0.15) is 26.0 Å². The maximum Gasteiger partial charge on any atom is 0.122 e. The van der Waals surface area contributed by atoms with E-state index in [0.717, 1.165) is 12.2 Å². The average molecular weight is 223 g/mol. The van der Waals surface area contributed by atoms with Crippen molar-refractivity contribution in [2.24, 2.45) is 11.7 Å². The van der Waals surface area contributed by atoms with Gasteiger partial charge >= 0.3 is 0 Å². The highest BCUT2D eigenvalue weighted by molar-refractivity contribution is 7.80. The Balaban J connectivity index is 2.62. The molecular weight excluding hydrogens is 206 g/mol. The molecule has 1 heterocycles. The van der Waals surface area contributed by atoms with Crippen molar-refractivity contribution in [1.82, 2.24) is 4.98 Å². The summed E-state index contributed by atoms with van der Waals surface area (Å²) in [6, 6.07) is 3.80. The predicted octanol–water partition coefficient (Wildman–Crippen LogP) is 2.17. The molecule has 15 heavy (non-hydrogen) atoms. The topological polar surface area (TPSA) is 50.9 Å². The van der Waals surface area contributed by atoms with Gasteiger partial charge in [-0.05, 0) is 18.1 Å². The summed E-state index contributed by atoms with van der Waals surface area (Å²) in [6.07, 6.45) is 2.88. The normalized spacial score (nSPS) is 12.1. The maximum absolute atomic E-state index is 5.51. The molecular formula is C11H17N3S. The van der Waals surface area contributed by atoms with Crippen molar-refractivity contribution in [1.29, 1.82) is 0 Å². The van der Waals surface area contributed by atoms with Gasteiger partial charge in [0.25, 0.3) is 0 Å². The second-order valence-corrected chi connectivity index (χ2v) is 4.13. The first-order valence-electron chi connectivity index (χ1n) is 5.13. The molecule has 3 N–H and O–H groups in total. The average Bonchev–Trinajstić information content (AvgIpc) is 2.26. The van der Waals surface area contributed by atoms with Crippen molar-refractivity contribution in [3.63, 3.8) is 0 Å². The van der Waals surface area contributed by atoms with E-state index in [1.165, 1.54) is 6.42 Å². The zero-order valence-corrected chi connectivity index (χ0v) is 9.97. The molecule has 3 nitrogen and oxygen atoms in total. The van der Waals surface area contributed by atoms with Gasteiger partial charge in [-0.25, -0.2) is 0 Å². The Morgan fingerprint density at radius 3 is 3.00 bits per heavy atom. The smallest absolute Gasteiger partial charge is 0.122 e. The lowest BCUT2D eigenvalue weighted by Gasteiger charge is -2.11. The van der Waals surface area contributed by atoms with Crippen molar-refractivity contribution in [3.8, 4) is 0 Å². The molecule has 1 aromatic rings. The van der Waals surface area contributed by atoms with E-state index < -0.39 is 0 Å². The third-order valence-electron chi connectivity index (χ3n) is 2.36. The molecule has 1 aromatic heterocycles. The molecule has 0 amide bonds. The summed E-state index contributed by atoms with van der Waals surface area (Å²) in [5, 5.41) is 3.34. The van der Waals surface area contributed by atoms with Crippen LogP contribution in [0.4, 0.5) is 5.69 Å². The van der Waals surface area contributed by atoms with Gasteiger partial charge in [0.1, 0.15) is 4.99 Å². The standard InChI is InChI=1S/C11H17N3S/c1-3-8(2)7-14-9-4-5-13-10(6-9)11(12)15/h4-6,8H,3,7H2,1-2H3,(H2,12,15)(H,13,14). The highest BCUT2D eigenvalue weighted by Gasteiger charge is 2.01. The fourth-order valence-corrected chi connectivity index (χ4v) is 1.22. The number of rotatable bonds is 5. The Morgan fingerprint density at radius 1 is 1.67 bits per heavy atom. The minimum absolute atomic E-state index is 0.335. The molecule has 0 aromatic carbocycles. The number of aromatic nitrogens is 1. The van der Waals surface area contributed by atoms with Crippen LogP contribution in [0, 0.1) is 5.92 Å². The summed E-state index contributed by atoms with van der Waals surface area (Å²) in [6.45, 7) is 5.35. The Kier molecular flexibility index (Phi) is 4.49. The zero-order chi connectivity index (χ0) is 11.3. The van der Waals surface area contributed by atoms with Crippen LogP contribution in [0.5, 0.6) is 0 Å². The first-order chi connectivity index (χ1) is 7.13. The van der Waals surface area contributed by atoms with Gasteiger partial charge in [0.05, 0.1) is 5.69 Å². The number of nitrogens with zero attached hydrogens (tertiary/aromatic N) is 1. The molecule has 0 spiro atoms. The van der Waals surface area contributed by atoms with Crippen LogP contribution < -0.4 is 11.1 Å². The second-order valence-electron chi connectivity index (χ2n) is 3.69. The lowest BCUT2D eigenvalue weighted by atomic mass is 10.1. The van der Waals surface area contributed by atoms with E-state index in [1.807, 2.05) is 12.1 Å². The SMILES string of the molecule is CCC(C)CNc1ccnc(C(N)=S)c1. The highest BCUT2D eigenvalue weighted by Crippen LogP contribution is 2.09. The number of pyridine rings is 1. The van der Waals surface area contributed by atoms with Crippen LogP contribution in [0.2, 0.25) is 0 Å². The summed E-state index contributed by atoms with van der Waals surface area (Å²) in [4.78, 5) is 4.42. The molecule has 1 unspecified atom stereocenters. The van der Waals surface area contributed by atoms with E-state index in [9.17, 15) is 0 Å². The van der Waals surface area contributed by atoms with Crippen LogP contribution in [-0.4, -0.2) is 16.5 Å². The fourth-order valence-electron chi connectivity index (χ4n) is 1.11. The van der Waals surface area contributed by atoms with Gasteiger partial charge < -0.3 is 11.1 Å². The van der Waals surface area contributed by atoms with E-state index in [1.54, 1.807) is 6.20 Å². The molecule has 0 radical (unpaired) electrons. The zero-order valence-electron chi connectivity index (χ0n) is 9.16. The van der Waals surface area contributed by atoms with Crippen LogP contribution in [-0.2, 0) is 0 Å². The molecule has 0 aliphatic heterocycles. The Morgan fingerprint density at radius 2 is 2.40 bits per heavy atom. The number of hydrogen-bond acceptors (Lipinski definition) is 3. The van der Waals surface area contributed by atoms with Crippen molar-refractivity contribution < 1.29 is 0 Å². The van der Waals surface area contributed by atoms with Crippen LogP contribution in [0.25, 0.3) is 0 Å². The third kappa shape index (κ3) is 3.83. The molecule has 0 aliphatic rings. The van der Waals surface area contributed by atoms with E-state index in [0.29, 0.717) is 16.6 Å². The molecule has 1 atom stereocenters. The summed E-state index contributed by atoms with van der Waals surface area (Å²) in [5.74, 6) is 0.659. The molecule has 1 rings (SSSR count). The van der Waals surface area contributed by atoms with Crippen LogP contribution in [0.3, 0.4) is 0 Å². The number of thiocarbonyl (C=S) groups is 1. The molecule has 0 saturated heterocycles.